The van der Waals surface area contributed by atoms with Crippen LogP contribution in [0.5, 0.6) is 0 Å². The fourth-order valence-electron chi connectivity index (χ4n) is 3.98. The van der Waals surface area contributed by atoms with Gasteiger partial charge in [0.05, 0.1) is 0 Å². The molecule has 0 spiro atoms. The summed E-state index contributed by atoms with van der Waals surface area (Å²) in [5, 5.41) is 4.51. The SMILES string of the molecule is C[Si](c1ccccc1)(c1ccccc1)S(C)([Si]c1ccccc1)c1ccccc1. The van der Waals surface area contributed by atoms with Gasteiger partial charge in [-0.3, -0.25) is 0 Å². The molecule has 0 saturated heterocycles. The number of benzene rings is 4. The smallest absolute Gasteiger partial charge is 0.158 e. The van der Waals surface area contributed by atoms with Crippen molar-refractivity contribution in [3.63, 3.8) is 0 Å². The van der Waals surface area contributed by atoms with Crippen molar-refractivity contribution < 1.29 is 0 Å². The minimum atomic E-state index is -2.08. The molecule has 4 aromatic rings. The molecule has 0 aliphatic rings. The summed E-state index contributed by atoms with van der Waals surface area (Å²) in [6.07, 6.45) is 2.58. The van der Waals surface area contributed by atoms with Gasteiger partial charge in [-0.15, -0.1) is 0 Å². The molecule has 2 radical (unpaired) electrons. The van der Waals surface area contributed by atoms with Gasteiger partial charge in [-0.25, -0.2) is 8.93 Å². The van der Waals surface area contributed by atoms with Crippen LogP contribution in [0.4, 0.5) is 0 Å². The molecule has 29 heavy (non-hydrogen) atoms. The van der Waals surface area contributed by atoms with E-state index in [0.717, 1.165) is 8.67 Å². The van der Waals surface area contributed by atoms with E-state index in [0.29, 0.717) is 0 Å². The third-order valence-corrected chi connectivity index (χ3v) is 26.7. The molecule has 0 aliphatic carbocycles. The van der Waals surface area contributed by atoms with Crippen molar-refractivity contribution in [3.8, 4) is 0 Å². The maximum absolute atomic E-state index is 2.59. The molecule has 0 fully saturated rings. The molecule has 4 rings (SSSR count). The van der Waals surface area contributed by atoms with Gasteiger partial charge in [0, 0.05) is 0 Å². The van der Waals surface area contributed by atoms with Crippen LogP contribution in [0.2, 0.25) is 6.55 Å². The van der Waals surface area contributed by atoms with Crippen molar-refractivity contribution in [2.45, 2.75) is 11.4 Å². The average molecular weight is 427 g/mol. The van der Waals surface area contributed by atoms with Crippen molar-refractivity contribution in [2.75, 3.05) is 6.26 Å². The molecule has 1 atom stereocenters. The molecule has 0 bridgehead atoms. The van der Waals surface area contributed by atoms with Crippen molar-refractivity contribution in [3.05, 3.63) is 121 Å². The van der Waals surface area contributed by atoms with E-state index in [4.69, 9.17) is 0 Å². The summed E-state index contributed by atoms with van der Waals surface area (Å²) in [4.78, 5) is 1.52. The highest BCUT2D eigenvalue weighted by Gasteiger charge is 2.47. The highest BCUT2D eigenvalue weighted by atomic mass is 32.6. The lowest BCUT2D eigenvalue weighted by Gasteiger charge is -2.51. The van der Waals surface area contributed by atoms with Crippen molar-refractivity contribution in [1.82, 2.24) is 0 Å². The normalized spacial score (nSPS) is 14.7. The van der Waals surface area contributed by atoms with E-state index < -0.39 is 16.2 Å². The Morgan fingerprint density at radius 1 is 0.552 bits per heavy atom. The number of hydrogen-bond acceptors (Lipinski definition) is 0. The Bertz CT molecular complexity index is 998. The second-order valence-electron chi connectivity index (χ2n) is 7.46. The maximum atomic E-state index is 2.59. The van der Waals surface area contributed by atoms with Crippen LogP contribution in [0.15, 0.2) is 126 Å². The van der Waals surface area contributed by atoms with Crippen LogP contribution >= 0.6 is 8.93 Å². The highest BCUT2D eigenvalue weighted by Crippen LogP contribution is 2.58. The predicted octanol–water partition coefficient (Wildman–Crippen LogP) is 4.81. The molecule has 0 N–H and O–H groups in total. The second-order valence-corrected chi connectivity index (χ2v) is 23.0. The zero-order chi connectivity index (χ0) is 20.2. The molecule has 0 nitrogen and oxygen atoms in total. The summed E-state index contributed by atoms with van der Waals surface area (Å²) in [5.74, 6) is 0. The Morgan fingerprint density at radius 2 is 0.931 bits per heavy atom. The summed E-state index contributed by atoms with van der Waals surface area (Å²) < 4.78 is 0. The monoisotopic (exact) mass is 426 g/mol. The van der Waals surface area contributed by atoms with Gasteiger partial charge in [0.15, 0.2) is 7.22 Å². The standard InChI is InChI=1S/C26H26SSi2/c1-27(23-15-7-3-8-16-23,28-24-17-9-4-10-18-24)29(2,25-19-11-5-12-20-25)26-21-13-6-14-22-26/h3-22H,1-2H3. The second kappa shape index (κ2) is 8.58. The molecular weight excluding hydrogens is 401 g/mol. The largest absolute Gasteiger partial charge is 0.232 e. The summed E-state index contributed by atoms with van der Waals surface area (Å²) >= 11 is 0. The van der Waals surface area contributed by atoms with E-state index in [9.17, 15) is 0 Å². The maximum Gasteiger partial charge on any atom is 0.158 e. The Kier molecular flexibility index (Phi) is 5.90. The van der Waals surface area contributed by atoms with Gasteiger partial charge in [0.2, 0.25) is 0 Å². The quantitative estimate of drug-likeness (QED) is 0.388. The van der Waals surface area contributed by atoms with E-state index in [1.807, 2.05) is 0 Å². The van der Waals surface area contributed by atoms with Gasteiger partial charge < -0.3 is 0 Å². The summed E-state index contributed by atoms with van der Waals surface area (Å²) in [7, 11) is -2.46. The van der Waals surface area contributed by atoms with E-state index in [1.54, 1.807) is 0 Å². The third-order valence-electron chi connectivity index (χ3n) is 5.78. The molecule has 4 aromatic carbocycles. The van der Waals surface area contributed by atoms with Crippen molar-refractivity contribution in [2.24, 2.45) is 0 Å². The van der Waals surface area contributed by atoms with Crippen LogP contribution in [-0.2, 0) is 0 Å². The first-order valence-electron chi connectivity index (χ1n) is 9.91. The molecule has 0 aliphatic heterocycles. The molecule has 1 unspecified atom stereocenters. The molecular formula is C26H26SSi2. The lowest BCUT2D eigenvalue weighted by Crippen LogP contribution is -2.61. The molecule has 0 saturated carbocycles. The van der Waals surface area contributed by atoms with Gasteiger partial charge in [0.1, 0.15) is 8.67 Å². The summed E-state index contributed by atoms with van der Waals surface area (Å²) in [5.41, 5.74) is 0. The highest BCUT2D eigenvalue weighted by molar-refractivity contribution is 8.72. The Balaban J connectivity index is 1.99. The Morgan fingerprint density at radius 3 is 1.38 bits per heavy atom. The third kappa shape index (κ3) is 3.78. The fourth-order valence-corrected chi connectivity index (χ4v) is 22.9. The van der Waals surface area contributed by atoms with Crippen LogP contribution < -0.4 is 15.6 Å². The van der Waals surface area contributed by atoms with Gasteiger partial charge in [0.25, 0.3) is 0 Å². The number of hydrogen-bond donors (Lipinski definition) is 0. The van der Waals surface area contributed by atoms with Gasteiger partial charge >= 0.3 is 0 Å². The zero-order valence-corrected chi connectivity index (χ0v) is 19.8. The molecule has 0 amide bonds. The van der Waals surface area contributed by atoms with Crippen LogP contribution in [0.25, 0.3) is 0 Å². The van der Waals surface area contributed by atoms with E-state index >= 15 is 0 Å². The summed E-state index contributed by atoms with van der Waals surface area (Å²) in [6, 6.07) is 44.9. The summed E-state index contributed by atoms with van der Waals surface area (Å²) in [6.45, 7) is 2.59. The van der Waals surface area contributed by atoms with Gasteiger partial charge in [-0.05, 0) is 21.5 Å². The van der Waals surface area contributed by atoms with E-state index in [2.05, 4.69) is 134 Å². The van der Waals surface area contributed by atoms with Crippen LogP contribution in [-0.4, -0.2) is 22.1 Å². The minimum Gasteiger partial charge on any atom is -0.232 e. The van der Waals surface area contributed by atoms with Crippen molar-refractivity contribution >= 4 is 40.4 Å². The lowest BCUT2D eigenvalue weighted by molar-refractivity contribution is 1.46. The van der Waals surface area contributed by atoms with Crippen LogP contribution in [0.3, 0.4) is 0 Å². The lowest BCUT2D eigenvalue weighted by atomic mass is 10.4. The molecule has 0 aromatic heterocycles. The average Bonchev–Trinajstić information content (AvgIpc) is 2.81. The fraction of sp³-hybridized carbons (Fsp3) is 0.0769. The molecule has 0 heterocycles. The van der Waals surface area contributed by atoms with Gasteiger partial charge in [-0.2, -0.15) is 0 Å². The Hall–Kier alpha value is -2.34. The minimum absolute atomic E-state index is 0.773. The zero-order valence-electron chi connectivity index (χ0n) is 17.0. The first kappa shape index (κ1) is 20.0. The first-order chi connectivity index (χ1) is 14.1. The topological polar surface area (TPSA) is 0 Å². The van der Waals surface area contributed by atoms with E-state index in [1.165, 1.54) is 20.5 Å². The number of rotatable bonds is 6. The Labute approximate surface area is 179 Å². The first-order valence-corrected chi connectivity index (χ1v) is 16.9. The molecule has 3 heteroatoms. The van der Waals surface area contributed by atoms with Crippen LogP contribution in [0.1, 0.15) is 0 Å². The van der Waals surface area contributed by atoms with Crippen LogP contribution in [0, 0.1) is 0 Å². The van der Waals surface area contributed by atoms with Gasteiger partial charge in [-0.1, -0.05) is 133 Å². The molecule has 144 valence electrons. The van der Waals surface area contributed by atoms with E-state index in [-0.39, 0.29) is 0 Å². The predicted molar refractivity (Wildman–Crippen MR) is 134 cm³/mol. The van der Waals surface area contributed by atoms with Crippen molar-refractivity contribution in [1.29, 1.82) is 0 Å².